The number of hydrogen-bond donors (Lipinski definition) is 1. The number of likely N-dealkylation sites (tertiary alicyclic amines) is 1. The molecule has 5 heteroatoms. The van der Waals surface area contributed by atoms with Crippen LogP contribution in [-0.4, -0.2) is 42.5 Å². The van der Waals surface area contributed by atoms with E-state index in [0.717, 1.165) is 43.6 Å². The zero-order chi connectivity index (χ0) is 20.1. The van der Waals surface area contributed by atoms with Gasteiger partial charge in [-0.25, -0.2) is 4.98 Å². The molecule has 0 radical (unpaired) electrons. The predicted molar refractivity (Wildman–Crippen MR) is 115 cm³/mol. The van der Waals surface area contributed by atoms with Crippen LogP contribution >= 0.6 is 0 Å². The predicted octanol–water partition coefficient (Wildman–Crippen LogP) is 4.47. The van der Waals surface area contributed by atoms with E-state index in [1.807, 2.05) is 66.5 Å². The number of aromatic nitrogens is 1. The Labute approximate surface area is 171 Å². The Morgan fingerprint density at radius 2 is 1.83 bits per heavy atom. The molecule has 1 aromatic heterocycles. The summed E-state index contributed by atoms with van der Waals surface area (Å²) < 4.78 is 6.01. The minimum atomic E-state index is 0.0622. The van der Waals surface area contributed by atoms with E-state index < -0.39 is 0 Å². The molecule has 0 aliphatic carbocycles. The number of benzene rings is 2. The minimum Gasteiger partial charge on any atom is -0.436 e. The number of hydrogen-bond acceptors (Lipinski definition) is 4. The Morgan fingerprint density at radius 3 is 2.59 bits per heavy atom. The molecule has 1 aliphatic rings. The van der Waals surface area contributed by atoms with Crippen LogP contribution in [0.1, 0.15) is 29.6 Å². The second-order valence-electron chi connectivity index (χ2n) is 7.57. The van der Waals surface area contributed by atoms with Crippen LogP contribution in [0, 0.1) is 5.92 Å². The van der Waals surface area contributed by atoms with Crippen LogP contribution in [0.3, 0.4) is 0 Å². The maximum Gasteiger partial charge on any atom is 0.254 e. The molecule has 0 spiro atoms. The van der Waals surface area contributed by atoms with Crippen LogP contribution in [-0.2, 0) is 0 Å². The molecule has 0 bridgehead atoms. The van der Waals surface area contributed by atoms with Gasteiger partial charge in [-0.1, -0.05) is 42.5 Å². The van der Waals surface area contributed by atoms with Crippen LogP contribution in [0.25, 0.3) is 22.8 Å². The maximum absolute atomic E-state index is 13.2. The highest BCUT2D eigenvalue weighted by molar-refractivity contribution is 6.00. The zero-order valence-electron chi connectivity index (χ0n) is 16.8. The molecule has 0 atom stereocenters. The van der Waals surface area contributed by atoms with Crippen LogP contribution in [0.5, 0.6) is 0 Å². The number of oxazole rings is 1. The summed E-state index contributed by atoms with van der Waals surface area (Å²) in [4.78, 5) is 19.7. The smallest absolute Gasteiger partial charge is 0.254 e. The van der Waals surface area contributed by atoms with E-state index in [2.05, 4.69) is 10.3 Å². The summed E-state index contributed by atoms with van der Waals surface area (Å²) in [6.45, 7) is 2.65. The van der Waals surface area contributed by atoms with Crippen LogP contribution in [0.15, 0.2) is 65.2 Å². The monoisotopic (exact) mass is 389 g/mol. The third kappa shape index (κ3) is 4.40. The molecule has 1 fully saturated rings. The van der Waals surface area contributed by atoms with Gasteiger partial charge >= 0.3 is 0 Å². The normalized spacial score (nSPS) is 14.9. The minimum absolute atomic E-state index is 0.0622. The number of nitrogens with one attached hydrogen (secondary N) is 1. The van der Waals surface area contributed by atoms with E-state index in [0.29, 0.717) is 23.1 Å². The number of carbonyl (C=O) groups is 1. The van der Waals surface area contributed by atoms with Crippen LogP contribution in [0.2, 0.25) is 0 Å². The molecule has 150 valence electrons. The first-order valence-electron chi connectivity index (χ1n) is 10.3. The second-order valence-corrected chi connectivity index (χ2v) is 7.57. The highest BCUT2D eigenvalue weighted by atomic mass is 16.4. The summed E-state index contributed by atoms with van der Waals surface area (Å²) in [6, 6.07) is 17.5. The summed E-state index contributed by atoms with van der Waals surface area (Å²) in [5.41, 5.74) is 2.37. The first-order chi connectivity index (χ1) is 14.3. The van der Waals surface area contributed by atoms with Crippen molar-refractivity contribution < 1.29 is 9.21 Å². The Morgan fingerprint density at radius 1 is 1.10 bits per heavy atom. The fourth-order valence-corrected chi connectivity index (χ4v) is 3.93. The molecule has 2 heterocycles. The van der Waals surface area contributed by atoms with Crippen molar-refractivity contribution in [1.82, 2.24) is 15.2 Å². The molecule has 0 saturated carbocycles. The van der Waals surface area contributed by atoms with E-state index in [-0.39, 0.29) is 5.91 Å². The molecular weight excluding hydrogens is 362 g/mol. The van der Waals surface area contributed by atoms with Gasteiger partial charge in [-0.2, -0.15) is 0 Å². The molecule has 29 heavy (non-hydrogen) atoms. The van der Waals surface area contributed by atoms with Crippen molar-refractivity contribution in [1.29, 1.82) is 0 Å². The molecule has 1 aliphatic heterocycles. The molecule has 5 nitrogen and oxygen atoms in total. The number of carbonyl (C=O) groups excluding carboxylic acids is 1. The standard InChI is InChI=1S/C24H27N3O2/c1-25-14-11-18-12-15-27(16-13-18)24(28)21-10-6-5-9-20(21)23-26-17-22(29-23)19-7-3-2-4-8-19/h2-10,17-18,25H,11-16H2,1H3. The Bertz CT molecular complexity index is 944. The van der Waals surface area contributed by atoms with Crippen LogP contribution in [0.4, 0.5) is 0 Å². The van der Waals surface area contributed by atoms with E-state index in [4.69, 9.17) is 4.42 Å². The van der Waals surface area contributed by atoms with Gasteiger partial charge in [0.05, 0.1) is 11.8 Å². The highest BCUT2D eigenvalue weighted by Gasteiger charge is 2.26. The zero-order valence-corrected chi connectivity index (χ0v) is 16.8. The van der Waals surface area contributed by atoms with Gasteiger partial charge in [-0.15, -0.1) is 0 Å². The average Bonchev–Trinajstić information content (AvgIpc) is 3.28. The fourth-order valence-electron chi connectivity index (χ4n) is 3.93. The molecule has 4 rings (SSSR count). The summed E-state index contributed by atoms with van der Waals surface area (Å²) >= 11 is 0. The third-order valence-electron chi connectivity index (χ3n) is 5.66. The van der Waals surface area contributed by atoms with Crippen molar-refractivity contribution in [3.63, 3.8) is 0 Å². The van der Waals surface area contributed by atoms with Crippen molar-refractivity contribution in [2.45, 2.75) is 19.3 Å². The van der Waals surface area contributed by atoms with Gasteiger partial charge < -0.3 is 14.6 Å². The third-order valence-corrected chi connectivity index (χ3v) is 5.66. The van der Waals surface area contributed by atoms with Gasteiger partial charge in [-0.05, 0) is 50.9 Å². The van der Waals surface area contributed by atoms with Crippen molar-refractivity contribution in [2.24, 2.45) is 5.92 Å². The van der Waals surface area contributed by atoms with Gasteiger partial charge in [0.2, 0.25) is 5.89 Å². The quantitative estimate of drug-likeness (QED) is 0.676. The molecule has 0 unspecified atom stereocenters. The average molecular weight is 389 g/mol. The Kier molecular flexibility index (Phi) is 6.06. The summed E-state index contributed by atoms with van der Waals surface area (Å²) in [5.74, 6) is 1.94. The lowest BCUT2D eigenvalue weighted by Gasteiger charge is -2.32. The number of piperidine rings is 1. The van der Waals surface area contributed by atoms with Crippen molar-refractivity contribution in [3.8, 4) is 22.8 Å². The Balaban J connectivity index is 1.52. The van der Waals surface area contributed by atoms with E-state index in [1.54, 1.807) is 6.20 Å². The SMILES string of the molecule is CNCCC1CCN(C(=O)c2ccccc2-c2ncc(-c3ccccc3)o2)CC1. The maximum atomic E-state index is 13.2. The van der Waals surface area contributed by atoms with Crippen molar-refractivity contribution in [3.05, 3.63) is 66.4 Å². The van der Waals surface area contributed by atoms with Crippen molar-refractivity contribution >= 4 is 5.91 Å². The highest BCUT2D eigenvalue weighted by Crippen LogP contribution is 2.30. The van der Waals surface area contributed by atoms with Gasteiger partial charge in [0.15, 0.2) is 5.76 Å². The topological polar surface area (TPSA) is 58.4 Å². The lowest BCUT2D eigenvalue weighted by Crippen LogP contribution is -2.39. The fraction of sp³-hybridized carbons (Fsp3) is 0.333. The van der Waals surface area contributed by atoms with E-state index in [9.17, 15) is 4.79 Å². The number of nitrogens with zero attached hydrogens (tertiary/aromatic N) is 2. The van der Waals surface area contributed by atoms with Gasteiger partial charge in [0, 0.05) is 24.2 Å². The first-order valence-corrected chi connectivity index (χ1v) is 10.3. The summed E-state index contributed by atoms with van der Waals surface area (Å²) in [5, 5.41) is 3.22. The number of amides is 1. The van der Waals surface area contributed by atoms with Gasteiger partial charge in [0.1, 0.15) is 0 Å². The van der Waals surface area contributed by atoms with Crippen molar-refractivity contribution in [2.75, 3.05) is 26.7 Å². The lowest BCUT2D eigenvalue weighted by molar-refractivity contribution is 0.0687. The van der Waals surface area contributed by atoms with Gasteiger partial charge in [0.25, 0.3) is 5.91 Å². The molecule has 1 amide bonds. The van der Waals surface area contributed by atoms with Gasteiger partial charge in [-0.3, -0.25) is 4.79 Å². The lowest BCUT2D eigenvalue weighted by atomic mass is 9.93. The molecule has 3 aromatic rings. The molecule has 2 aromatic carbocycles. The number of rotatable bonds is 6. The summed E-state index contributed by atoms with van der Waals surface area (Å²) in [7, 11) is 1.99. The molecule has 1 saturated heterocycles. The summed E-state index contributed by atoms with van der Waals surface area (Å²) in [6.07, 6.45) is 5.02. The molecular formula is C24H27N3O2. The Hall–Kier alpha value is -2.92. The largest absolute Gasteiger partial charge is 0.436 e. The molecule has 1 N–H and O–H groups in total. The van der Waals surface area contributed by atoms with E-state index in [1.165, 1.54) is 6.42 Å². The van der Waals surface area contributed by atoms with E-state index >= 15 is 0 Å². The first kappa shape index (κ1) is 19.4. The van der Waals surface area contributed by atoms with Crippen LogP contribution < -0.4 is 5.32 Å². The second kappa shape index (κ2) is 9.05.